The highest BCUT2D eigenvalue weighted by Crippen LogP contribution is 2.44. The Morgan fingerprint density at radius 3 is 2.57 bits per heavy atom. The van der Waals surface area contributed by atoms with E-state index in [2.05, 4.69) is 5.32 Å². The highest BCUT2D eigenvalue weighted by atomic mass is 16.5. The van der Waals surface area contributed by atoms with Crippen molar-refractivity contribution in [2.75, 3.05) is 13.7 Å². The van der Waals surface area contributed by atoms with E-state index in [1.54, 1.807) is 7.11 Å². The van der Waals surface area contributed by atoms with Gasteiger partial charge in [-0.2, -0.15) is 0 Å². The molecule has 1 saturated heterocycles. The number of rotatable bonds is 3. The highest BCUT2D eigenvalue weighted by Gasteiger charge is 2.56. The van der Waals surface area contributed by atoms with Crippen LogP contribution in [0.15, 0.2) is 24.3 Å². The smallest absolute Gasteiger partial charge is 0.118 e. The van der Waals surface area contributed by atoms with Gasteiger partial charge in [-0.15, -0.1) is 0 Å². The molecule has 0 bridgehead atoms. The molecule has 0 spiro atoms. The Morgan fingerprint density at radius 1 is 1.14 bits per heavy atom. The number of nitrogens with one attached hydrogen (secondary N) is 1. The molecule has 1 aromatic carbocycles. The third-order valence-electron chi connectivity index (χ3n) is 5.31. The molecule has 4 heteroatoms. The van der Waals surface area contributed by atoms with Gasteiger partial charge in [0.05, 0.1) is 12.7 Å². The van der Waals surface area contributed by atoms with Crippen molar-refractivity contribution in [1.82, 2.24) is 5.32 Å². The first-order valence-corrected chi connectivity index (χ1v) is 7.88. The fraction of sp³-hybridized carbons (Fsp3) is 0.647. The van der Waals surface area contributed by atoms with Crippen LogP contribution in [0.2, 0.25) is 0 Å². The second kappa shape index (κ2) is 5.59. The van der Waals surface area contributed by atoms with Crippen LogP contribution in [0, 0.1) is 0 Å². The van der Waals surface area contributed by atoms with Crippen molar-refractivity contribution in [3.8, 4) is 5.75 Å². The monoisotopic (exact) mass is 291 g/mol. The lowest BCUT2D eigenvalue weighted by molar-refractivity contribution is -0.207. The van der Waals surface area contributed by atoms with Crippen LogP contribution < -0.4 is 10.1 Å². The molecule has 21 heavy (non-hydrogen) atoms. The topological polar surface area (TPSA) is 61.7 Å². The molecule has 2 fully saturated rings. The summed E-state index contributed by atoms with van der Waals surface area (Å²) in [4.78, 5) is 0. The summed E-state index contributed by atoms with van der Waals surface area (Å²) in [5, 5.41) is 25.4. The summed E-state index contributed by atoms with van der Waals surface area (Å²) >= 11 is 0. The summed E-state index contributed by atoms with van der Waals surface area (Å²) in [5.41, 5.74) is -0.784. The summed E-state index contributed by atoms with van der Waals surface area (Å²) in [6.45, 7) is 0.764. The Morgan fingerprint density at radius 2 is 1.86 bits per heavy atom. The van der Waals surface area contributed by atoms with Crippen molar-refractivity contribution in [2.45, 2.75) is 55.8 Å². The first kappa shape index (κ1) is 14.8. The van der Waals surface area contributed by atoms with Gasteiger partial charge in [0.2, 0.25) is 0 Å². The Kier molecular flexibility index (Phi) is 3.95. The number of aliphatic hydroxyl groups is 2. The normalized spacial score (nSPS) is 36.0. The zero-order chi connectivity index (χ0) is 14.9. The molecule has 3 rings (SSSR count). The number of hydrogen-bond acceptors (Lipinski definition) is 4. The van der Waals surface area contributed by atoms with Crippen LogP contribution in [0.25, 0.3) is 0 Å². The molecule has 4 nitrogen and oxygen atoms in total. The van der Waals surface area contributed by atoms with Gasteiger partial charge in [-0.25, -0.2) is 0 Å². The van der Waals surface area contributed by atoms with Gasteiger partial charge >= 0.3 is 0 Å². The Labute approximate surface area is 126 Å². The van der Waals surface area contributed by atoms with Crippen LogP contribution >= 0.6 is 0 Å². The summed E-state index contributed by atoms with van der Waals surface area (Å²) in [6, 6.07) is 7.84. The first-order valence-electron chi connectivity index (χ1n) is 7.88. The average Bonchev–Trinajstić information content (AvgIpc) is 2.49. The highest BCUT2D eigenvalue weighted by molar-refractivity contribution is 5.28. The van der Waals surface area contributed by atoms with E-state index in [-0.39, 0.29) is 6.04 Å². The maximum absolute atomic E-state index is 11.1. The maximum Gasteiger partial charge on any atom is 0.118 e. The van der Waals surface area contributed by atoms with E-state index in [4.69, 9.17) is 4.74 Å². The van der Waals surface area contributed by atoms with Gasteiger partial charge in [0.25, 0.3) is 0 Å². The quantitative estimate of drug-likeness (QED) is 0.792. The Hall–Kier alpha value is -1.10. The lowest BCUT2D eigenvalue weighted by atomic mass is 9.63. The summed E-state index contributed by atoms with van der Waals surface area (Å²) in [7, 11) is 1.66. The molecule has 2 aliphatic rings. The molecule has 1 heterocycles. The fourth-order valence-corrected chi connectivity index (χ4v) is 3.96. The summed E-state index contributed by atoms with van der Waals surface area (Å²) in [5.74, 6) is 0.836. The van der Waals surface area contributed by atoms with Crippen molar-refractivity contribution in [2.24, 2.45) is 0 Å². The Balaban J connectivity index is 1.79. The van der Waals surface area contributed by atoms with Crippen molar-refractivity contribution in [3.63, 3.8) is 0 Å². The largest absolute Gasteiger partial charge is 0.497 e. The third kappa shape index (κ3) is 2.56. The van der Waals surface area contributed by atoms with Crippen LogP contribution in [0.4, 0.5) is 0 Å². The molecule has 1 aliphatic heterocycles. The number of fused-ring (bicyclic) bond motifs is 1. The number of piperidine rings is 1. The zero-order valence-corrected chi connectivity index (χ0v) is 12.6. The molecule has 1 saturated carbocycles. The molecule has 0 radical (unpaired) electrons. The van der Waals surface area contributed by atoms with Crippen LogP contribution in [0.1, 0.15) is 37.7 Å². The molecule has 0 amide bonds. The Bertz CT molecular complexity index is 485. The molecule has 0 aromatic heterocycles. The van der Waals surface area contributed by atoms with Gasteiger partial charge < -0.3 is 20.3 Å². The minimum atomic E-state index is -1.01. The van der Waals surface area contributed by atoms with Gasteiger partial charge in [0.1, 0.15) is 11.4 Å². The third-order valence-corrected chi connectivity index (χ3v) is 5.31. The molecule has 116 valence electrons. The zero-order valence-electron chi connectivity index (χ0n) is 12.6. The maximum atomic E-state index is 11.1. The van der Waals surface area contributed by atoms with E-state index >= 15 is 0 Å². The van der Waals surface area contributed by atoms with Crippen LogP contribution in [0.3, 0.4) is 0 Å². The van der Waals surface area contributed by atoms with Gasteiger partial charge in [0, 0.05) is 6.04 Å². The lowest BCUT2D eigenvalue weighted by Crippen LogP contribution is -2.71. The van der Waals surface area contributed by atoms with E-state index in [0.29, 0.717) is 19.3 Å². The number of ether oxygens (including phenoxy) is 1. The van der Waals surface area contributed by atoms with E-state index in [1.807, 2.05) is 24.3 Å². The number of methoxy groups -OCH3 is 1. The molecule has 1 aromatic rings. The van der Waals surface area contributed by atoms with E-state index in [0.717, 1.165) is 37.1 Å². The van der Waals surface area contributed by atoms with Crippen molar-refractivity contribution in [1.29, 1.82) is 0 Å². The van der Waals surface area contributed by atoms with Gasteiger partial charge in [-0.1, -0.05) is 25.0 Å². The summed E-state index contributed by atoms with van der Waals surface area (Å²) in [6.07, 6.45) is 4.75. The second-order valence-corrected chi connectivity index (χ2v) is 6.47. The van der Waals surface area contributed by atoms with E-state index in [1.165, 1.54) is 0 Å². The SMILES string of the molecule is COc1ccc(C[C@@H]2NCCC3(O)CCCCC23O)cc1. The number of benzene rings is 1. The van der Waals surface area contributed by atoms with Crippen molar-refractivity contribution >= 4 is 0 Å². The van der Waals surface area contributed by atoms with E-state index < -0.39 is 11.2 Å². The molecule has 1 aliphatic carbocycles. The first-order chi connectivity index (χ1) is 10.1. The molecular formula is C17H25NO3. The standard InChI is InChI=1S/C17H25NO3/c1-21-14-6-4-13(5-7-14)12-15-17(20)9-3-2-8-16(17,19)10-11-18-15/h4-7,15,18-20H,2-3,8-12H2,1H3/t15-,16?,17?/m0/s1. The van der Waals surface area contributed by atoms with Crippen LogP contribution in [-0.2, 0) is 6.42 Å². The number of hydrogen-bond donors (Lipinski definition) is 3. The van der Waals surface area contributed by atoms with Crippen LogP contribution in [-0.4, -0.2) is 41.1 Å². The van der Waals surface area contributed by atoms with Crippen molar-refractivity contribution in [3.05, 3.63) is 29.8 Å². The summed E-state index contributed by atoms with van der Waals surface area (Å²) < 4.78 is 5.18. The predicted molar refractivity (Wildman–Crippen MR) is 81.5 cm³/mol. The van der Waals surface area contributed by atoms with Crippen molar-refractivity contribution < 1.29 is 14.9 Å². The van der Waals surface area contributed by atoms with E-state index in [9.17, 15) is 10.2 Å². The molecular weight excluding hydrogens is 266 g/mol. The van der Waals surface area contributed by atoms with Crippen LogP contribution in [0.5, 0.6) is 5.75 Å². The fourth-order valence-electron chi connectivity index (χ4n) is 3.96. The average molecular weight is 291 g/mol. The molecule has 2 unspecified atom stereocenters. The molecule has 3 atom stereocenters. The predicted octanol–water partition coefficient (Wildman–Crippen LogP) is 1.64. The van der Waals surface area contributed by atoms with Gasteiger partial charge in [-0.05, 0) is 49.9 Å². The second-order valence-electron chi connectivity index (χ2n) is 6.47. The minimum Gasteiger partial charge on any atom is -0.497 e. The lowest BCUT2D eigenvalue weighted by Gasteiger charge is -2.54. The van der Waals surface area contributed by atoms with Gasteiger partial charge in [0.15, 0.2) is 0 Å². The minimum absolute atomic E-state index is 0.0926. The van der Waals surface area contributed by atoms with Gasteiger partial charge in [-0.3, -0.25) is 0 Å². The molecule has 3 N–H and O–H groups in total.